The molecule has 0 radical (unpaired) electrons. The van der Waals surface area contributed by atoms with Crippen LogP contribution in [0.3, 0.4) is 0 Å². The topological polar surface area (TPSA) is 108 Å². The van der Waals surface area contributed by atoms with E-state index in [0.29, 0.717) is 5.56 Å². The second kappa shape index (κ2) is 3.97. The Morgan fingerprint density at radius 1 is 1.11 bits per heavy atom. The summed E-state index contributed by atoms with van der Waals surface area (Å²) in [6, 6.07) is 11.8. The Hall–Kier alpha value is -2.66. The quantitative estimate of drug-likeness (QED) is 0.780. The number of hydrogen-bond donors (Lipinski definition) is 1. The van der Waals surface area contributed by atoms with E-state index in [9.17, 15) is 9.59 Å². The molecule has 1 fully saturated rings. The first-order valence-electron chi connectivity index (χ1n) is 5.29. The number of amides is 1. The summed E-state index contributed by atoms with van der Waals surface area (Å²) in [5.74, 6) is -3.14. The van der Waals surface area contributed by atoms with Crippen molar-refractivity contribution in [2.45, 2.75) is 0 Å². The van der Waals surface area contributed by atoms with Gasteiger partial charge in [-0.25, -0.2) is 0 Å². The molecule has 18 heavy (non-hydrogen) atoms. The third-order valence-electron chi connectivity index (χ3n) is 3.22. The highest BCUT2D eigenvalue weighted by Gasteiger charge is 2.73. The van der Waals surface area contributed by atoms with E-state index < -0.39 is 23.2 Å². The Morgan fingerprint density at radius 2 is 1.67 bits per heavy atom. The monoisotopic (exact) mass is 239 g/mol. The molecule has 0 aromatic heterocycles. The number of hydrogen-bond acceptors (Lipinski definition) is 4. The summed E-state index contributed by atoms with van der Waals surface area (Å²) < 4.78 is 0. The molecule has 1 aliphatic rings. The number of nitrogens with two attached hydrogens (primary N) is 1. The van der Waals surface area contributed by atoms with Gasteiger partial charge in [-0.05, 0) is 0 Å². The molecule has 5 heteroatoms. The zero-order valence-electron chi connectivity index (χ0n) is 9.33. The smallest absolute Gasteiger partial charge is 0.224 e. The van der Waals surface area contributed by atoms with Gasteiger partial charge in [-0.3, -0.25) is 9.59 Å². The number of benzene rings is 1. The molecule has 5 nitrogen and oxygen atoms in total. The maximum absolute atomic E-state index is 12.1. The molecule has 1 amide bonds. The van der Waals surface area contributed by atoms with Crippen molar-refractivity contribution in [2.75, 3.05) is 0 Å². The van der Waals surface area contributed by atoms with Crippen molar-refractivity contribution in [3.8, 4) is 12.1 Å². The van der Waals surface area contributed by atoms with Crippen molar-refractivity contribution in [2.24, 2.45) is 23.0 Å². The van der Waals surface area contributed by atoms with E-state index in [-0.39, 0.29) is 5.78 Å². The van der Waals surface area contributed by atoms with Crippen LogP contribution in [-0.2, 0) is 4.79 Å². The lowest BCUT2D eigenvalue weighted by atomic mass is 10.0. The van der Waals surface area contributed by atoms with E-state index in [0.717, 1.165) is 0 Å². The number of ketones is 1. The summed E-state index contributed by atoms with van der Waals surface area (Å²) >= 11 is 0. The molecule has 1 aromatic carbocycles. The maximum atomic E-state index is 12.1. The highest BCUT2D eigenvalue weighted by atomic mass is 16.2. The first kappa shape index (κ1) is 11.8. The fourth-order valence-electron chi connectivity index (χ4n) is 2.22. The molecule has 1 saturated carbocycles. The minimum absolute atomic E-state index is 0.376. The van der Waals surface area contributed by atoms with Crippen LogP contribution in [-0.4, -0.2) is 11.7 Å². The number of carbonyl (C=O) groups is 2. The zero-order chi connectivity index (χ0) is 13.3. The van der Waals surface area contributed by atoms with Crippen molar-refractivity contribution >= 4 is 11.7 Å². The van der Waals surface area contributed by atoms with Crippen LogP contribution >= 0.6 is 0 Å². The normalized spacial score (nSPS) is 23.4. The van der Waals surface area contributed by atoms with Crippen LogP contribution in [0.5, 0.6) is 0 Å². The highest BCUT2D eigenvalue weighted by molar-refractivity contribution is 6.06. The molecule has 0 bridgehead atoms. The van der Waals surface area contributed by atoms with Gasteiger partial charge in [0.25, 0.3) is 0 Å². The van der Waals surface area contributed by atoms with Crippen LogP contribution in [0.15, 0.2) is 30.3 Å². The lowest BCUT2D eigenvalue weighted by molar-refractivity contribution is -0.119. The van der Waals surface area contributed by atoms with Crippen molar-refractivity contribution in [3.63, 3.8) is 0 Å². The third kappa shape index (κ3) is 1.46. The fraction of sp³-hybridized carbons (Fsp3) is 0.231. The Labute approximate surface area is 103 Å². The predicted molar refractivity (Wildman–Crippen MR) is 60.6 cm³/mol. The number of carbonyl (C=O) groups excluding carboxylic acids is 2. The van der Waals surface area contributed by atoms with Gasteiger partial charge in [0.05, 0.1) is 24.0 Å². The average molecular weight is 239 g/mol. The van der Waals surface area contributed by atoms with Crippen molar-refractivity contribution < 1.29 is 9.59 Å². The fourth-order valence-corrected chi connectivity index (χ4v) is 2.22. The second-order valence-electron chi connectivity index (χ2n) is 4.18. The Balaban J connectivity index is 2.37. The third-order valence-corrected chi connectivity index (χ3v) is 3.22. The number of nitriles is 2. The number of primary amides is 1. The van der Waals surface area contributed by atoms with Gasteiger partial charge < -0.3 is 5.73 Å². The van der Waals surface area contributed by atoms with Crippen LogP contribution in [0.2, 0.25) is 0 Å². The van der Waals surface area contributed by atoms with Crippen molar-refractivity contribution in [3.05, 3.63) is 35.9 Å². The van der Waals surface area contributed by atoms with Crippen LogP contribution in [0, 0.1) is 39.9 Å². The summed E-state index contributed by atoms with van der Waals surface area (Å²) in [5, 5.41) is 18.0. The molecule has 0 spiro atoms. The Morgan fingerprint density at radius 3 is 2.06 bits per heavy atom. The van der Waals surface area contributed by atoms with Gasteiger partial charge in [0.2, 0.25) is 5.91 Å². The highest BCUT2D eigenvalue weighted by Crippen LogP contribution is 2.59. The number of rotatable bonds is 3. The lowest BCUT2D eigenvalue weighted by Gasteiger charge is -1.98. The van der Waals surface area contributed by atoms with E-state index >= 15 is 0 Å². The van der Waals surface area contributed by atoms with Gasteiger partial charge in [-0.15, -0.1) is 0 Å². The van der Waals surface area contributed by atoms with Crippen molar-refractivity contribution in [1.29, 1.82) is 10.5 Å². The van der Waals surface area contributed by atoms with Gasteiger partial charge >= 0.3 is 0 Å². The zero-order valence-corrected chi connectivity index (χ0v) is 9.33. The molecule has 1 aromatic rings. The van der Waals surface area contributed by atoms with E-state index in [4.69, 9.17) is 16.3 Å². The van der Waals surface area contributed by atoms with E-state index in [1.165, 1.54) is 0 Å². The average Bonchev–Trinajstić information content (AvgIpc) is 3.08. The van der Waals surface area contributed by atoms with Gasteiger partial charge in [-0.2, -0.15) is 10.5 Å². The Kier molecular flexibility index (Phi) is 2.61. The molecule has 1 aliphatic carbocycles. The van der Waals surface area contributed by atoms with Crippen LogP contribution < -0.4 is 5.73 Å². The molecular weight excluding hydrogens is 230 g/mol. The van der Waals surface area contributed by atoms with E-state index in [1.807, 2.05) is 0 Å². The first-order valence-corrected chi connectivity index (χ1v) is 5.29. The molecular formula is C13H9N3O2. The molecule has 0 aliphatic heterocycles. The minimum atomic E-state index is -1.60. The molecule has 0 heterocycles. The van der Waals surface area contributed by atoms with Crippen molar-refractivity contribution in [1.82, 2.24) is 0 Å². The molecule has 0 saturated heterocycles. The standard InChI is InChI=1S/C13H9N3O2/c14-6-13(7-15)9(10(13)12(16)18)11(17)8-4-2-1-3-5-8/h1-5,9-10H,(H2,16,18)/t9-,10-/m1/s1. The summed E-state index contributed by atoms with van der Waals surface area (Å²) in [4.78, 5) is 23.4. The number of Topliss-reactive ketones (excluding diaryl/α,β-unsaturated/α-hetero) is 1. The van der Waals surface area contributed by atoms with Crippen LogP contribution in [0.4, 0.5) is 0 Å². The summed E-state index contributed by atoms with van der Waals surface area (Å²) in [6.45, 7) is 0. The summed E-state index contributed by atoms with van der Waals surface area (Å²) in [5.41, 5.74) is 3.91. The molecule has 2 atom stereocenters. The SMILES string of the molecule is N#CC1(C#N)[C@@H](C(N)=O)[C@@H]1C(=O)c1ccccc1. The molecule has 88 valence electrons. The molecule has 0 unspecified atom stereocenters. The summed E-state index contributed by atoms with van der Waals surface area (Å²) in [7, 11) is 0. The molecule has 2 N–H and O–H groups in total. The van der Waals surface area contributed by atoms with Gasteiger partial charge in [0.15, 0.2) is 11.2 Å². The van der Waals surface area contributed by atoms with Gasteiger partial charge in [-0.1, -0.05) is 30.3 Å². The first-order chi connectivity index (χ1) is 8.58. The largest absolute Gasteiger partial charge is 0.369 e. The summed E-state index contributed by atoms with van der Waals surface area (Å²) in [6.07, 6.45) is 0. The minimum Gasteiger partial charge on any atom is -0.369 e. The second-order valence-corrected chi connectivity index (χ2v) is 4.18. The van der Waals surface area contributed by atoms with Crippen LogP contribution in [0.1, 0.15) is 10.4 Å². The lowest BCUT2D eigenvalue weighted by Crippen LogP contribution is -2.18. The van der Waals surface area contributed by atoms with Crippen LogP contribution in [0.25, 0.3) is 0 Å². The van der Waals surface area contributed by atoms with Gasteiger partial charge in [0.1, 0.15) is 0 Å². The predicted octanol–water partition coefficient (Wildman–Crippen LogP) is 0.634. The van der Waals surface area contributed by atoms with Gasteiger partial charge in [0, 0.05) is 5.56 Å². The van der Waals surface area contributed by atoms with E-state index in [2.05, 4.69) is 0 Å². The molecule has 2 rings (SSSR count). The maximum Gasteiger partial charge on any atom is 0.224 e. The Bertz CT molecular complexity index is 581. The number of nitrogens with zero attached hydrogens (tertiary/aromatic N) is 2. The van der Waals surface area contributed by atoms with E-state index in [1.54, 1.807) is 42.5 Å².